The second-order valence-corrected chi connectivity index (χ2v) is 14.0. The smallest absolute Gasteiger partial charge is 0.0795 e. The molecule has 0 radical (unpaired) electrons. The Bertz CT molecular complexity index is 2770. The van der Waals surface area contributed by atoms with Crippen molar-refractivity contribution in [3.8, 4) is 33.5 Å². The molecule has 52 heavy (non-hydrogen) atoms. The molecule has 0 unspecified atom stereocenters. The zero-order valence-electron chi connectivity index (χ0n) is 28.0. The zero-order chi connectivity index (χ0) is 34.4. The van der Waals surface area contributed by atoms with E-state index in [-0.39, 0.29) is 0 Å². The van der Waals surface area contributed by atoms with Gasteiger partial charge in [-0.25, -0.2) is 0 Å². The Balaban J connectivity index is 1.04. The van der Waals surface area contributed by atoms with Gasteiger partial charge in [-0.05, 0) is 107 Å². The van der Waals surface area contributed by atoms with Crippen LogP contribution in [-0.4, -0.2) is 15.0 Å². The Morgan fingerprint density at radius 3 is 1.48 bits per heavy atom. The van der Waals surface area contributed by atoms with E-state index in [0.29, 0.717) is 0 Å². The van der Waals surface area contributed by atoms with Gasteiger partial charge in [0.25, 0.3) is 0 Å². The SMILES string of the molecule is c1cnc2ccc(-c3ccc(N(c4ccc(-c5ccc6ncccc6c5)cc4)c4ccc(-c5nccc6sc7ccccc7c56)cc4)cc3)cc2c1. The third kappa shape index (κ3) is 5.36. The van der Waals surface area contributed by atoms with Crippen molar-refractivity contribution in [2.75, 3.05) is 4.90 Å². The molecule has 0 saturated carbocycles. The molecule has 0 atom stereocenters. The molecular weight excluding hydrogens is 653 g/mol. The lowest BCUT2D eigenvalue weighted by molar-refractivity contribution is 1.28. The first kappa shape index (κ1) is 30.2. The van der Waals surface area contributed by atoms with Gasteiger partial charge < -0.3 is 4.90 Å². The molecule has 10 rings (SSSR count). The molecule has 5 heteroatoms. The minimum atomic E-state index is 1.000. The Morgan fingerprint density at radius 2 is 0.904 bits per heavy atom. The number of aromatic nitrogens is 3. The van der Waals surface area contributed by atoms with Crippen LogP contribution in [0.2, 0.25) is 0 Å². The summed E-state index contributed by atoms with van der Waals surface area (Å²) >= 11 is 1.82. The molecule has 0 aliphatic carbocycles. The Hall–Kier alpha value is -6.69. The van der Waals surface area contributed by atoms with E-state index in [1.165, 1.54) is 31.3 Å². The number of nitrogens with zero attached hydrogens (tertiary/aromatic N) is 4. The summed E-state index contributed by atoms with van der Waals surface area (Å²) in [5, 5.41) is 4.73. The van der Waals surface area contributed by atoms with Crippen LogP contribution in [0.25, 0.3) is 75.5 Å². The standard InChI is InChI=1S/C47H30N4S/c1-2-8-44-41(7-1)46-45(52-44)25-28-50-47(46)33-13-21-40(22-14-33)51(38-17-9-31(10-18-38)34-15-23-42-36(29-34)5-3-26-48-42)39-19-11-32(12-20-39)35-16-24-43-37(30-35)6-4-27-49-43/h1-30H. The van der Waals surface area contributed by atoms with Gasteiger partial charge in [0.05, 0.1) is 16.7 Å². The van der Waals surface area contributed by atoms with Crippen molar-refractivity contribution in [1.29, 1.82) is 0 Å². The van der Waals surface area contributed by atoms with Crippen molar-refractivity contribution in [1.82, 2.24) is 15.0 Å². The number of hydrogen-bond acceptors (Lipinski definition) is 5. The van der Waals surface area contributed by atoms with E-state index in [4.69, 9.17) is 4.98 Å². The second kappa shape index (κ2) is 12.6. The van der Waals surface area contributed by atoms with Gasteiger partial charge in [-0.1, -0.05) is 78.9 Å². The molecular formula is C47H30N4S. The molecule has 0 amide bonds. The minimum absolute atomic E-state index is 1.000. The van der Waals surface area contributed by atoms with Crippen LogP contribution in [0, 0.1) is 0 Å². The molecule has 0 spiro atoms. The van der Waals surface area contributed by atoms with Crippen LogP contribution in [0.5, 0.6) is 0 Å². The topological polar surface area (TPSA) is 41.9 Å². The fraction of sp³-hybridized carbons (Fsp3) is 0. The summed E-state index contributed by atoms with van der Waals surface area (Å²) < 4.78 is 2.53. The average molecular weight is 683 g/mol. The fourth-order valence-corrected chi connectivity index (χ4v) is 8.32. The van der Waals surface area contributed by atoms with E-state index in [0.717, 1.165) is 61.3 Å². The summed E-state index contributed by atoms with van der Waals surface area (Å²) in [5.41, 5.74) is 12.0. The quantitative estimate of drug-likeness (QED) is 0.175. The fourth-order valence-electron chi connectivity index (χ4n) is 7.22. The lowest BCUT2D eigenvalue weighted by Gasteiger charge is -2.26. The third-order valence-electron chi connectivity index (χ3n) is 9.81. The maximum atomic E-state index is 4.89. The summed E-state index contributed by atoms with van der Waals surface area (Å²) in [6.07, 6.45) is 5.60. The summed E-state index contributed by atoms with van der Waals surface area (Å²) in [6.45, 7) is 0. The van der Waals surface area contributed by atoms with Gasteiger partial charge in [0.15, 0.2) is 0 Å². The summed E-state index contributed by atoms with van der Waals surface area (Å²) in [6, 6.07) is 58.3. The van der Waals surface area contributed by atoms with E-state index < -0.39 is 0 Å². The lowest BCUT2D eigenvalue weighted by atomic mass is 10.0. The van der Waals surface area contributed by atoms with Crippen molar-refractivity contribution in [3.05, 3.63) is 182 Å². The summed E-state index contributed by atoms with van der Waals surface area (Å²) in [5.74, 6) is 0. The predicted molar refractivity (Wildman–Crippen MR) is 219 cm³/mol. The predicted octanol–water partition coefficient (Wildman–Crippen LogP) is 13.0. The maximum absolute atomic E-state index is 4.89. The van der Waals surface area contributed by atoms with Crippen LogP contribution in [0.1, 0.15) is 0 Å². The molecule has 244 valence electrons. The summed E-state index contributed by atoms with van der Waals surface area (Å²) in [4.78, 5) is 16.2. The van der Waals surface area contributed by atoms with Crippen LogP contribution in [-0.2, 0) is 0 Å². The minimum Gasteiger partial charge on any atom is -0.311 e. The molecule has 4 nitrogen and oxygen atoms in total. The number of benzene rings is 6. The number of fused-ring (bicyclic) bond motifs is 5. The normalized spacial score (nSPS) is 11.5. The molecule has 0 aliphatic rings. The number of hydrogen-bond donors (Lipinski definition) is 0. The molecule has 4 aromatic heterocycles. The maximum Gasteiger partial charge on any atom is 0.0795 e. The molecule has 6 aromatic carbocycles. The molecule has 0 aliphatic heterocycles. The lowest BCUT2D eigenvalue weighted by Crippen LogP contribution is -2.09. The van der Waals surface area contributed by atoms with Crippen molar-refractivity contribution in [2.45, 2.75) is 0 Å². The Labute approximate surface area is 305 Å². The van der Waals surface area contributed by atoms with Crippen molar-refractivity contribution < 1.29 is 0 Å². The van der Waals surface area contributed by atoms with Crippen LogP contribution < -0.4 is 4.90 Å². The van der Waals surface area contributed by atoms with E-state index in [2.05, 4.69) is 167 Å². The molecule has 10 aromatic rings. The van der Waals surface area contributed by atoms with Crippen LogP contribution >= 0.6 is 11.3 Å². The first-order chi connectivity index (χ1) is 25.7. The van der Waals surface area contributed by atoms with Crippen molar-refractivity contribution in [2.24, 2.45) is 0 Å². The first-order valence-electron chi connectivity index (χ1n) is 17.3. The van der Waals surface area contributed by atoms with Crippen LogP contribution in [0.3, 0.4) is 0 Å². The number of rotatable bonds is 6. The van der Waals surface area contributed by atoms with E-state index in [9.17, 15) is 0 Å². The highest BCUT2D eigenvalue weighted by molar-refractivity contribution is 7.25. The first-order valence-corrected chi connectivity index (χ1v) is 18.1. The van der Waals surface area contributed by atoms with Gasteiger partial charge in [-0.2, -0.15) is 0 Å². The highest BCUT2D eigenvalue weighted by Crippen LogP contribution is 2.41. The average Bonchev–Trinajstić information content (AvgIpc) is 3.61. The zero-order valence-corrected chi connectivity index (χ0v) is 28.8. The van der Waals surface area contributed by atoms with E-state index in [1.54, 1.807) is 0 Å². The van der Waals surface area contributed by atoms with Gasteiger partial charge in [0, 0.05) is 72.2 Å². The second-order valence-electron chi connectivity index (χ2n) is 12.9. The number of pyridine rings is 3. The Morgan fingerprint density at radius 1 is 0.385 bits per heavy atom. The molecule has 0 bridgehead atoms. The third-order valence-corrected chi connectivity index (χ3v) is 10.9. The number of anilines is 3. The molecule has 4 heterocycles. The van der Waals surface area contributed by atoms with Gasteiger partial charge in [-0.3, -0.25) is 15.0 Å². The largest absolute Gasteiger partial charge is 0.311 e. The highest BCUT2D eigenvalue weighted by Gasteiger charge is 2.16. The van der Waals surface area contributed by atoms with Crippen LogP contribution in [0.15, 0.2) is 182 Å². The van der Waals surface area contributed by atoms with Crippen molar-refractivity contribution in [3.63, 3.8) is 0 Å². The van der Waals surface area contributed by atoms with E-state index in [1.807, 2.05) is 42.1 Å². The highest BCUT2D eigenvalue weighted by atomic mass is 32.1. The monoisotopic (exact) mass is 682 g/mol. The Kier molecular flexibility index (Phi) is 7.29. The van der Waals surface area contributed by atoms with Gasteiger partial charge in [0.1, 0.15) is 0 Å². The van der Waals surface area contributed by atoms with E-state index >= 15 is 0 Å². The summed E-state index contributed by atoms with van der Waals surface area (Å²) in [7, 11) is 0. The number of thiophene rings is 1. The van der Waals surface area contributed by atoms with Gasteiger partial charge in [-0.15, -0.1) is 11.3 Å². The molecule has 0 fully saturated rings. The van der Waals surface area contributed by atoms with Gasteiger partial charge in [0.2, 0.25) is 0 Å². The van der Waals surface area contributed by atoms with Crippen LogP contribution in [0.4, 0.5) is 17.1 Å². The van der Waals surface area contributed by atoms with Crippen molar-refractivity contribution >= 4 is 70.4 Å². The molecule has 0 saturated heterocycles. The molecule has 0 N–H and O–H groups in total. The van der Waals surface area contributed by atoms with Gasteiger partial charge >= 0.3 is 0 Å².